The summed E-state index contributed by atoms with van der Waals surface area (Å²) in [6, 6.07) is 3.23. The fourth-order valence-electron chi connectivity index (χ4n) is 2.06. The Kier molecular flexibility index (Phi) is 5.14. The van der Waals surface area contributed by atoms with Crippen LogP contribution < -0.4 is 10.0 Å². The van der Waals surface area contributed by atoms with Crippen LogP contribution in [0.15, 0.2) is 27.6 Å². The van der Waals surface area contributed by atoms with Crippen molar-refractivity contribution in [1.82, 2.24) is 14.9 Å². The molecule has 2 N–H and O–H groups in total. The van der Waals surface area contributed by atoms with Crippen molar-refractivity contribution in [2.45, 2.75) is 31.2 Å². The number of nitrogens with zero attached hydrogens (tertiary/aromatic N) is 3. The number of nitro groups is 1. The fourth-order valence-corrected chi connectivity index (χ4v) is 2.81. The molecule has 0 aliphatic rings. The number of hydrogen-bond donors (Lipinski definition) is 2. The maximum absolute atomic E-state index is 11.8. The van der Waals surface area contributed by atoms with Crippen molar-refractivity contribution >= 4 is 21.4 Å². The zero-order valence-corrected chi connectivity index (χ0v) is 14.1. The zero-order valence-electron chi connectivity index (χ0n) is 13.3. The molecule has 1 unspecified atom stereocenters. The smallest absolute Gasteiger partial charge is 0.293 e. The van der Waals surface area contributed by atoms with E-state index in [4.69, 9.17) is 4.52 Å². The van der Waals surface area contributed by atoms with Gasteiger partial charge in [-0.2, -0.15) is 4.98 Å². The van der Waals surface area contributed by atoms with Gasteiger partial charge in [0, 0.05) is 13.0 Å². The van der Waals surface area contributed by atoms with Gasteiger partial charge in [0.25, 0.3) is 5.69 Å². The molecular weight excluding hydrogens is 338 g/mol. The number of aryl methyl sites for hydroxylation is 1. The highest BCUT2D eigenvalue weighted by atomic mass is 32.2. The third-order valence-electron chi connectivity index (χ3n) is 3.34. The molecule has 0 radical (unpaired) electrons. The van der Waals surface area contributed by atoms with Gasteiger partial charge in [-0.3, -0.25) is 10.1 Å². The summed E-state index contributed by atoms with van der Waals surface area (Å²) in [4.78, 5) is 14.6. The average Bonchev–Trinajstić information content (AvgIpc) is 2.98. The molecular formula is C13H17N5O5S. The third kappa shape index (κ3) is 3.68. The van der Waals surface area contributed by atoms with E-state index in [-0.39, 0.29) is 16.3 Å². The Morgan fingerprint density at radius 3 is 2.62 bits per heavy atom. The van der Waals surface area contributed by atoms with E-state index < -0.39 is 21.0 Å². The summed E-state index contributed by atoms with van der Waals surface area (Å²) in [6.07, 6.45) is 0.548. The summed E-state index contributed by atoms with van der Waals surface area (Å²) in [5, 5.41) is 18.1. The van der Waals surface area contributed by atoms with E-state index in [1.54, 1.807) is 6.92 Å². The first-order valence-corrected chi connectivity index (χ1v) is 8.55. The number of nitro benzene ring substituents is 1. The molecule has 2 aromatic rings. The van der Waals surface area contributed by atoms with E-state index in [0.717, 1.165) is 6.07 Å². The lowest BCUT2D eigenvalue weighted by atomic mass is 10.2. The van der Waals surface area contributed by atoms with E-state index in [2.05, 4.69) is 20.2 Å². The van der Waals surface area contributed by atoms with Crippen LogP contribution in [-0.2, 0) is 10.0 Å². The topological polar surface area (TPSA) is 140 Å². The molecule has 130 valence electrons. The minimum absolute atomic E-state index is 0.171. The van der Waals surface area contributed by atoms with Crippen molar-refractivity contribution in [3.8, 4) is 0 Å². The Balaban J connectivity index is 2.41. The molecule has 0 saturated heterocycles. The van der Waals surface area contributed by atoms with Crippen LogP contribution in [-0.4, -0.2) is 30.5 Å². The lowest BCUT2D eigenvalue weighted by Gasteiger charge is -2.15. The Morgan fingerprint density at radius 2 is 2.12 bits per heavy atom. The molecule has 0 amide bonds. The van der Waals surface area contributed by atoms with Gasteiger partial charge in [-0.05, 0) is 25.6 Å². The summed E-state index contributed by atoms with van der Waals surface area (Å²) < 4.78 is 30.6. The number of nitrogens with one attached hydrogen (secondary N) is 2. The van der Waals surface area contributed by atoms with Gasteiger partial charge in [-0.1, -0.05) is 12.1 Å². The van der Waals surface area contributed by atoms with E-state index in [9.17, 15) is 18.5 Å². The minimum Gasteiger partial charge on any atom is -0.369 e. The predicted octanol–water partition coefficient (Wildman–Crippen LogP) is 1.76. The summed E-state index contributed by atoms with van der Waals surface area (Å²) >= 11 is 0. The molecule has 1 aromatic carbocycles. The van der Waals surface area contributed by atoms with Crippen molar-refractivity contribution in [2.75, 3.05) is 12.4 Å². The van der Waals surface area contributed by atoms with Gasteiger partial charge in [0.05, 0.1) is 15.9 Å². The summed E-state index contributed by atoms with van der Waals surface area (Å²) in [5.41, 5.74) is -0.186. The van der Waals surface area contributed by atoms with Crippen molar-refractivity contribution < 1.29 is 17.9 Å². The van der Waals surface area contributed by atoms with Crippen molar-refractivity contribution in [3.05, 3.63) is 40.0 Å². The monoisotopic (exact) mass is 355 g/mol. The lowest BCUT2D eigenvalue weighted by Crippen LogP contribution is -2.19. The van der Waals surface area contributed by atoms with Crippen molar-refractivity contribution in [1.29, 1.82) is 0 Å². The number of benzene rings is 1. The number of hydrogen-bond acceptors (Lipinski definition) is 8. The highest BCUT2D eigenvalue weighted by molar-refractivity contribution is 7.89. The van der Waals surface area contributed by atoms with E-state index in [0.29, 0.717) is 18.1 Å². The largest absolute Gasteiger partial charge is 0.369 e. The van der Waals surface area contributed by atoms with E-state index in [1.807, 2.05) is 6.92 Å². The standard InChI is InChI=1S/C13H17N5O5S/c1-4-10(13-15-8(2)23-17-13)16-11-6-5-9(24(21,22)14-3)7-12(11)18(19)20/h5-7,10,14,16H,4H2,1-3H3. The van der Waals surface area contributed by atoms with Crippen LogP contribution in [0, 0.1) is 17.0 Å². The van der Waals surface area contributed by atoms with Gasteiger partial charge in [0.1, 0.15) is 5.69 Å². The summed E-state index contributed by atoms with van der Waals surface area (Å²) in [7, 11) is -2.54. The lowest BCUT2D eigenvalue weighted by molar-refractivity contribution is -0.384. The minimum atomic E-state index is -3.78. The molecule has 0 bridgehead atoms. The Morgan fingerprint density at radius 1 is 1.42 bits per heavy atom. The van der Waals surface area contributed by atoms with Gasteiger partial charge in [0.2, 0.25) is 15.9 Å². The number of aromatic nitrogens is 2. The molecule has 11 heteroatoms. The summed E-state index contributed by atoms with van der Waals surface area (Å²) in [6.45, 7) is 3.50. The molecule has 2 rings (SSSR count). The fraction of sp³-hybridized carbons (Fsp3) is 0.385. The molecule has 0 aliphatic carbocycles. The second kappa shape index (κ2) is 6.93. The van der Waals surface area contributed by atoms with Crippen LogP contribution >= 0.6 is 0 Å². The Labute approximate surface area is 138 Å². The zero-order chi connectivity index (χ0) is 17.9. The highest BCUT2D eigenvalue weighted by Crippen LogP contribution is 2.31. The second-order valence-electron chi connectivity index (χ2n) is 4.92. The third-order valence-corrected chi connectivity index (χ3v) is 4.75. The molecule has 0 aliphatic heterocycles. The molecule has 0 saturated carbocycles. The van der Waals surface area contributed by atoms with Crippen molar-refractivity contribution in [2.24, 2.45) is 0 Å². The molecule has 1 heterocycles. The predicted molar refractivity (Wildman–Crippen MR) is 85.0 cm³/mol. The van der Waals surface area contributed by atoms with Crippen LogP contribution in [0.5, 0.6) is 0 Å². The molecule has 24 heavy (non-hydrogen) atoms. The highest BCUT2D eigenvalue weighted by Gasteiger charge is 2.23. The molecule has 10 nitrogen and oxygen atoms in total. The quantitative estimate of drug-likeness (QED) is 0.565. The van der Waals surface area contributed by atoms with Gasteiger partial charge in [-0.15, -0.1) is 0 Å². The van der Waals surface area contributed by atoms with Crippen LogP contribution in [0.2, 0.25) is 0 Å². The number of sulfonamides is 1. The first-order valence-electron chi connectivity index (χ1n) is 7.07. The molecule has 0 fully saturated rings. The normalized spacial score (nSPS) is 12.8. The summed E-state index contributed by atoms with van der Waals surface area (Å²) in [5.74, 6) is 0.756. The SMILES string of the molecule is CCC(Nc1ccc(S(=O)(=O)NC)cc1[N+](=O)[O-])c1noc(C)n1. The second-order valence-corrected chi connectivity index (χ2v) is 6.81. The van der Waals surface area contributed by atoms with Crippen LogP contribution in [0.3, 0.4) is 0 Å². The van der Waals surface area contributed by atoms with Gasteiger partial charge >= 0.3 is 0 Å². The van der Waals surface area contributed by atoms with Crippen LogP contribution in [0.1, 0.15) is 31.1 Å². The van der Waals surface area contributed by atoms with Crippen LogP contribution in [0.25, 0.3) is 0 Å². The maximum atomic E-state index is 11.8. The number of rotatable bonds is 7. The van der Waals surface area contributed by atoms with Gasteiger partial charge in [-0.25, -0.2) is 13.1 Å². The Hall–Kier alpha value is -2.53. The first-order chi connectivity index (χ1) is 11.3. The number of anilines is 1. The first kappa shape index (κ1) is 17.8. The van der Waals surface area contributed by atoms with Gasteiger partial charge in [0.15, 0.2) is 5.82 Å². The van der Waals surface area contributed by atoms with E-state index in [1.165, 1.54) is 19.2 Å². The Bertz CT molecular complexity index is 848. The average molecular weight is 355 g/mol. The molecule has 0 spiro atoms. The maximum Gasteiger partial charge on any atom is 0.293 e. The molecule has 1 aromatic heterocycles. The van der Waals surface area contributed by atoms with Crippen LogP contribution in [0.4, 0.5) is 11.4 Å². The van der Waals surface area contributed by atoms with Gasteiger partial charge < -0.3 is 9.84 Å². The van der Waals surface area contributed by atoms with Crippen molar-refractivity contribution in [3.63, 3.8) is 0 Å². The van der Waals surface area contributed by atoms with E-state index >= 15 is 0 Å². The molecule has 1 atom stereocenters.